The summed E-state index contributed by atoms with van der Waals surface area (Å²) in [6.07, 6.45) is -3.13. The van der Waals surface area contributed by atoms with Crippen LogP contribution in [0.1, 0.15) is 5.56 Å². The van der Waals surface area contributed by atoms with Gasteiger partial charge in [0.1, 0.15) is 12.0 Å². The van der Waals surface area contributed by atoms with Crippen molar-refractivity contribution in [2.24, 2.45) is 0 Å². The molecule has 0 bridgehead atoms. The van der Waals surface area contributed by atoms with E-state index in [1.807, 2.05) is 4.90 Å². The van der Waals surface area contributed by atoms with Crippen LogP contribution in [0.2, 0.25) is 0 Å². The minimum atomic E-state index is -4.43. The van der Waals surface area contributed by atoms with E-state index in [1.165, 1.54) is 18.5 Å². The van der Waals surface area contributed by atoms with E-state index in [1.54, 1.807) is 14.2 Å². The molecule has 2 aromatic rings. The van der Waals surface area contributed by atoms with Crippen molar-refractivity contribution in [1.29, 1.82) is 0 Å². The van der Waals surface area contributed by atoms with E-state index < -0.39 is 11.7 Å². The molecule has 148 valence electrons. The Morgan fingerprint density at radius 1 is 1.11 bits per heavy atom. The highest BCUT2D eigenvalue weighted by atomic mass is 19.4. The number of hydrogen-bond donors (Lipinski definition) is 2. The SMILES string of the molecule is COCCN(CCOC)c1ncnc(Nc2cccc(C(F)(F)F)c2)c1N. The highest BCUT2D eigenvalue weighted by Crippen LogP contribution is 2.33. The van der Waals surface area contributed by atoms with E-state index in [-0.39, 0.29) is 17.2 Å². The predicted octanol–water partition coefficient (Wildman–Crippen LogP) is 2.92. The van der Waals surface area contributed by atoms with Crippen LogP contribution in [0.4, 0.5) is 36.2 Å². The van der Waals surface area contributed by atoms with Gasteiger partial charge in [-0.3, -0.25) is 0 Å². The van der Waals surface area contributed by atoms with Crippen molar-refractivity contribution >= 4 is 23.0 Å². The van der Waals surface area contributed by atoms with Crippen LogP contribution >= 0.6 is 0 Å². The molecule has 0 saturated heterocycles. The largest absolute Gasteiger partial charge is 0.416 e. The molecule has 0 saturated carbocycles. The van der Waals surface area contributed by atoms with Gasteiger partial charge in [0.25, 0.3) is 0 Å². The third-order valence-corrected chi connectivity index (χ3v) is 3.75. The number of nitrogens with zero attached hydrogens (tertiary/aromatic N) is 3. The first-order valence-corrected chi connectivity index (χ1v) is 8.14. The van der Waals surface area contributed by atoms with Gasteiger partial charge in [0, 0.05) is 33.0 Å². The van der Waals surface area contributed by atoms with Crippen LogP contribution in [0.5, 0.6) is 0 Å². The predicted molar refractivity (Wildman–Crippen MR) is 97.1 cm³/mol. The number of anilines is 4. The molecule has 0 spiro atoms. The van der Waals surface area contributed by atoms with Gasteiger partial charge in [-0.1, -0.05) is 6.07 Å². The Hall–Kier alpha value is -2.59. The Bertz CT molecular complexity index is 735. The van der Waals surface area contributed by atoms with E-state index in [4.69, 9.17) is 15.2 Å². The normalized spacial score (nSPS) is 11.4. The lowest BCUT2D eigenvalue weighted by atomic mass is 10.2. The van der Waals surface area contributed by atoms with Gasteiger partial charge in [0.15, 0.2) is 11.6 Å². The molecule has 0 fully saturated rings. The zero-order valence-corrected chi connectivity index (χ0v) is 15.1. The van der Waals surface area contributed by atoms with Crippen LogP contribution in [0, 0.1) is 0 Å². The summed E-state index contributed by atoms with van der Waals surface area (Å²) in [7, 11) is 3.16. The summed E-state index contributed by atoms with van der Waals surface area (Å²) in [5, 5.41) is 2.83. The van der Waals surface area contributed by atoms with Crippen LogP contribution < -0.4 is 16.0 Å². The van der Waals surface area contributed by atoms with E-state index in [9.17, 15) is 13.2 Å². The smallest absolute Gasteiger partial charge is 0.393 e. The molecular formula is C17H22F3N5O2. The molecule has 0 amide bonds. The fraction of sp³-hybridized carbons (Fsp3) is 0.412. The van der Waals surface area contributed by atoms with Crippen molar-refractivity contribution in [2.75, 3.05) is 56.5 Å². The maximum absolute atomic E-state index is 12.9. The Kier molecular flexibility index (Phi) is 7.19. The number of methoxy groups -OCH3 is 2. The summed E-state index contributed by atoms with van der Waals surface area (Å²) in [4.78, 5) is 10.1. The molecule has 1 aromatic carbocycles. The van der Waals surface area contributed by atoms with Gasteiger partial charge in [-0.2, -0.15) is 13.2 Å². The molecule has 0 atom stereocenters. The fourth-order valence-corrected chi connectivity index (χ4v) is 2.37. The molecule has 7 nitrogen and oxygen atoms in total. The van der Waals surface area contributed by atoms with E-state index in [2.05, 4.69) is 15.3 Å². The highest BCUT2D eigenvalue weighted by molar-refractivity contribution is 5.78. The Morgan fingerprint density at radius 3 is 2.37 bits per heavy atom. The molecule has 0 aliphatic heterocycles. The van der Waals surface area contributed by atoms with E-state index in [0.717, 1.165) is 12.1 Å². The fourth-order valence-electron chi connectivity index (χ4n) is 2.37. The summed E-state index contributed by atoms with van der Waals surface area (Å²) in [6.45, 7) is 1.93. The summed E-state index contributed by atoms with van der Waals surface area (Å²) in [6, 6.07) is 4.81. The van der Waals surface area contributed by atoms with Gasteiger partial charge < -0.3 is 25.4 Å². The number of nitrogen functional groups attached to an aromatic ring is 1. The number of alkyl halides is 3. The zero-order valence-electron chi connectivity index (χ0n) is 15.1. The van der Waals surface area contributed by atoms with Gasteiger partial charge in [0.05, 0.1) is 18.8 Å². The van der Waals surface area contributed by atoms with Gasteiger partial charge >= 0.3 is 6.18 Å². The van der Waals surface area contributed by atoms with Gasteiger partial charge in [0.2, 0.25) is 0 Å². The number of nitrogens with one attached hydrogen (secondary N) is 1. The number of nitrogens with two attached hydrogens (primary N) is 1. The van der Waals surface area contributed by atoms with Crippen LogP contribution in [0.25, 0.3) is 0 Å². The maximum atomic E-state index is 12.9. The monoisotopic (exact) mass is 385 g/mol. The Balaban J connectivity index is 2.27. The van der Waals surface area contributed by atoms with Crippen molar-refractivity contribution in [1.82, 2.24) is 9.97 Å². The van der Waals surface area contributed by atoms with Crippen molar-refractivity contribution in [2.45, 2.75) is 6.18 Å². The molecule has 0 aliphatic rings. The number of aromatic nitrogens is 2. The molecular weight excluding hydrogens is 363 g/mol. The molecule has 3 N–H and O–H groups in total. The van der Waals surface area contributed by atoms with Crippen LogP contribution in [-0.4, -0.2) is 50.5 Å². The summed E-state index contributed by atoms with van der Waals surface area (Å²) in [5.74, 6) is 0.674. The summed E-state index contributed by atoms with van der Waals surface area (Å²) >= 11 is 0. The summed E-state index contributed by atoms with van der Waals surface area (Å²) in [5.41, 5.74) is 5.85. The van der Waals surface area contributed by atoms with Crippen molar-refractivity contribution in [3.8, 4) is 0 Å². The number of hydrogen-bond acceptors (Lipinski definition) is 7. The minimum absolute atomic E-state index is 0.221. The van der Waals surface area contributed by atoms with Crippen molar-refractivity contribution < 1.29 is 22.6 Å². The van der Waals surface area contributed by atoms with Crippen LogP contribution in [0.3, 0.4) is 0 Å². The average Bonchev–Trinajstić information content (AvgIpc) is 2.64. The molecule has 0 unspecified atom stereocenters. The molecule has 2 rings (SSSR count). The first-order chi connectivity index (χ1) is 12.9. The minimum Gasteiger partial charge on any atom is -0.393 e. The zero-order chi connectivity index (χ0) is 19.9. The van der Waals surface area contributed by atoms with E-state index >= 15 is 0 Å². The second-order valence-corrected chi connectivity index (χ2v) is 5.64. The third-order valence-electron chi connectivity index (χ3n) is 3.75. The van der Waals surface area contributed by atoms with Crippen molar-refractivity contribution in [3.05, 3.63) is 36.2 Å². The Morgan fingerprint density at radius 2 is 1.78 bits per heavy atom. The topological polar surface area (TPSA) is 85.5 Å². The first kappa shape index (κ1) is 20.7. The lowest BCUT2D eigenvalue weighted by Crippen LogP contribution is -2.32. The second-order valence-electron chi connectivity index (χ2n) is 5.64. The standard InChI is InChI=1S/C17H22F3N5O2/c1-26-8-6-25(7-9-27-2)16-14(21)15(22-11-23-16)24-13-5-3-4-12(10-13)17(18,19)20/h3-5,10-11H,6-9,21H2,1-2H3,(H,22,23,24). The Labute approximate surface area is 155 Å². The van der Waals surface area contributed by atoms with Gasteiger partial charge in [-0.05, 0) is 18.2 Å². The molecule has 0 aliphatic carbocycles. The van der Waals surface area contributed by atoms with Crippen molar-refractivity contribution in [3.63, 3.8) is 0 Å². The second kappa shape index (κ2) is 9.38. The molecule has 1 heterocycles. The van der Waals surface area contributed by atoms with Gasteiger partial charge in [-0.15, -0.1) is 0 Å². The lowest BCUT2D eigenvalue weighted by molar-refractivity contribution is -0.137. The lowest BCUT2D eigenvalue weighted by Gasteiger charge is -2.25. The molecule has 0 radical (unpaired) electrons. The third kappa shape index (κ3) is 5.69. The summed E-state index contributed by atoms with van der Waals surface area (Å²) < 4.78 is 48.8. The highest BCUT2D eigenvalue weighted by Gasteiger charge is 2.30. The van der Waals surface area contributed by atoms with E-state index in [0.29, 0.717) is 32.1 Å². The number of halogens is 3. The molecule has 1 aromatic heterocycles. The number of ether oxygens (including phenoxy) is 2. The van der Waals surface area contributed by atoms with Gasteiger partial charge in [-0.25, -0.2) is 9.97 Å². The van der Waals surface area contributed by atoms with Crippen LogP contribution in [0.15, 0.2) is 30.6 Å². The number of benzene rings is 1. The van der Waals surface area contributed by atoms with Crippen LogP contribution in [-0.2, 0) is 15.7 Å². The average molecular weight is 385 g/mol. The quantitative estimate of drug-likeness (QED) is 0.686. The molecule has 27 heavy (non-hydrogen) atoms. The molecule has 10 heteroatoms. The first-order valence-electron chi connectivity index (χ1n) is 8.14. The maximum Gasteiger partial charge on any atom is 0.416 e. The number of rotatable bonds is 9.